The number of hydrogen-bond acceptors (Lipinski definition) is 2. The van der Waals surface area contributed by atoms with Gasteiger partial charge in [-0.2, -0.15) is 0 Å². The topological polar surface area (TPSA) is 54.4 Å². The largest absolute Gasteiger partial charge is 0.481 e. The fourth-order valence-corrected chi connectivity index (χ4v) is 3.05. The van der Waals surface area contributed by atoms with Crippen molar-refractivity contribution in [2.75, 3.05) is 5.75 Å². The molecule has 3 nitrogen and oxygen atoms in total. The van der Waals surface area contributed by atoms with Gasteiger partial charge in [-0.3, -0.25) is 9.00 Å². The van der Waals surface area contributed by atoms with Gasteiger partial charge in [0.05, 0.1) is 16.1 Å². The molecule has 0 spiro atoms. The third-order valence-electron chi connectivity index (χ3n) is 2.30. The average Bonchev–Trinajstić information content (AvgIpc) is 2.29. The lowest BCUT2D eigenvalue weighted by Gasteiger charge is -2.08. The molecule has 18 heavy (non-hydrogen) atoms. The summed E-state index contributed by atoms with van der Waals surface area (Å²) >= 11 is 2.91. The smallest absolute Gasteiger partial charge is 0.307 e. The monoisotopic (exact) mass is 340 g/mol. The second-order valence-corrected chi connectivity index (χ2v) is 6.17. The van der Waals surface area contributed by atoms with Gasteiger partial charge < -0.3 is 5.11 Å². The lowest BCUT2D eigenvalue weighted by atomic mass is 10.2. The highest BCUT2D eigenvalue weighted by molar-refractivity contribution is 9.10. The fraction of sp³-hybridized carbons (Fsp3) is 0.364. The average molecular weight is 341 g/mol. The number of carboxylic acid groups (broad SMARTS) is 1. The van der Waals surface area contributed by atoms with Crippen molar-refractivity contribution in [3.8, 4) is 0 Å². The van der Waals surface area contributed by atoms with Crippen LogP contribution < -0.4 is 0 Å². The van der Waals surface area contributed by atoms with Gasteiger partial charge in [0.15, 0.2) is 0 Å². The highest BCUT2D eigenvalue weighted by atomic mass is 79.9. The predicted octanol–water partition coefficient (Wildman–Crippen LogP) is 2.70. The normalized spacial score (nSPS) is 14.2. The molecule has 1 aromatic rings. The molecule has 1 rings (SSSR count). The minimum atomic E-state index is -1.63. The Balaban J connectivity index is 2.82. The molecule has 0 saturated heterocycles. The van der Waals surface area contributed by atoms with Crippen LogP contribution in [0.3, 0.4) is 0 Å². The van der Waals surface area contributed by atoms with Crippen LogP contribution in [0.1, 0.15) is 12.5 Å². The van der Waals surface area contributed by atoms with Crippen LogP contribution in [0.4, 0.5) is 8.78 Å². The molecule has 0 aliphatic rings. The van der Waals surface area contributed by atoms with Crippen LogP contribution in [0.2, 0.25) is 0 Å². The van der Waals surface area contributed by atoms with Crippen molar-refractivity contribution in [2.45, 2.75) is 12.7 Å². The molecule has 1 N–H and O–H groups in total. The van der Waals surface area contributed by atoms with Crippen LogP contribution in [0.25, 0.3) is 0 Å². The number of rotatable bonds is 5. The van der Waals surface area contributed by atoms with E-state index < -0.39 is 34.3 Å². The summed E-state index contributed by atoms with van der Waals surface area (Å²) < 4.78 is 38.7. The van der Waals surface area contributed by atoms with Crippen molar-refractivity contribution < 1.29 is 22.9 Å². The molecule has 0 saturated carbocycles. The van der Waals surface area contributed by atoms with Crippen LogP contribution in [0, 0.1) is 17.6 Å². The Hall–Kier alpha value is -0.820. The molecular weight excluding hydrogens is 330 g/mol. The summed E-state index contributed by atoms with van der Waals surface area (Å²) in [6, 6.07) is 2.29. The molecule has 7 heteroatoms. The third-order valence-corrected chi connectivity index (χ3v) is 4.40. The van der Waals surface area contributed by atoms with Gasteiger partial charge in [-0.25, -0.2) is 8.78 Å². The predicted molar refractivity (Wildman–Crippen MR) is 67.6 cm³/mol. The Kier molecular flexibility index (Phi) is 5.40. The van der Waals surface area contributed by atoms with Gasteiger partial charge >= 0.3 is 5.97 Å². The first-order chi connectivity index (χ1) is 8.32. The van der Waals surface area contributed by atoms with Crippen molar-refractivity contribution in [2.24, 2.45) is 5.92 Å². The molecule has 100 valence electrons. The summed E-state index contributed by atoms with van der Waals surface area (Å²) in [6.07, 6.45) is 0. The highest BCUT2D eigenvalue weighted by Crippen LogP contribution is 2.23. The molecule has 0 aliphatic carbocycles. The summed E-state index contributed by atoms with van der Waals surface area (Å²) in [6.45, 7) is 1.40. The molecule has 0 fully saturated rings. The number of hydrogen-bond donors (Lipinski definition) is 1. The molecular formula is C11H11BrF2O3S. The highest BCUT2D eigenvalue weighted by Gasteiger charge is 2.19. The first-order valence-electron chi connectivity index (χ1n) is 5.03. The molecule has 0 amide bonds. The van der Waals surface area contributed by atoms with Gasteiger partial charge in [-0.05, 0) is 28.1 Å². The van der Waals surface area contributed by atoms with E-state index >= 15 is 0 Å². The molecule has 0 aromatic heterocycles. The van der Waals surface area contributed by atoms with E-state index in [0.717, 1.165) is 6.07 Å². The van der Waals surface area contributed by atoms with Gasteiger partial charge in [-0.1, -0.05) is 6.92 Å². The van der Waals surface area contributed by atoms with E-state index in [-0.39, 0.29) is 21.5 Å². The zero-order valence-corrected chi connectivity index (χ0v) is 11.9. The lowest BCUT2D eigenvalue weighted by molar-refractivity contribution is -0.140. The number of benzene rings is 1. The van der Waals surface area contributed by atoms with Gasteiger partial charge in [-0.15, -0.1) is 0 Å². The zero-order chi connectivity index (χ0) is 13.9. The second kappa shape index (κ2) is 6.38. The minimum Gasteiger partial charge on any atom is -0.481 e. The van der Waals surface area contributed by atoms with Crippen molar-refractivity contribution >= 4 is 32.7 Å². The quantitative estimate of drug-likeness (QED) is 0.838. The van der Waals surface area contributed by atoms with E-state index in [1.165, 1.54) is 13.0 Å². The Morgan fingerprint density at radius 2 is 2.11 bits per heavy atom. The SMILES string of the molecule is CC(CS(=O)Cc1c(F)ccc(Br)c1F)C(=O)O. The van der Waals surface area contributed by atoms with Gasteiger partial charge in [0.2, 0.25) is 0 Å². The van der Waals surface area contributed by atoms with Crippen LogP contribution in [0.15, 0.2) is 16.6 Å². The van der Waals surface area contributed by atoms with E-state index in [2.05, 4.69) is 15.9 Å². The van der Waals surface area contributed by atoms with Crippen LogP contribution in [0.5, 0.6) is 0 Å². The number of halogens is 3. The molecule has 1 aromatic carbocycles. The van der Waals surface area contributed by atoms with Crippen molar-refractivity contribution in [1.29, 1.82) is 0 Å². The van der Waals surface area contributed by atoms with Crippen LogP contribution in [-0.2, 0) is 21.3 Å². The second-order valence-electron chi connectivity index (χ2n) is 3.81. The summed E-state index contributed by atoms with van der Waals surface area (Å²) in [5.41, 5.74) is -0.291. The van der Waals surface area contributed by atoms with Crippen LogP contribution >= 0.6 is 15.9 Å². The van der Waals surface area contributed by atoms with Crippen LogP contribution in [-0.4, -0.2) is 21.0 Å². The Labute approximate surface area is 114 Å². The maximum absolute atomic E-state index is 13.6. The summed E-state index contributed by atoms with van der Waals surface area (Å²) in [4.78, 5) is 10.6. The number of carbonyl (C=O) groups is 1. The van der Waals surface area contributed by atoms with Gasteiger partial charge in [0.1, 0.15) is 11.6 Å². The maximum atomic E-state index is 13.6. The molecule has 0 bridgehead atoms. The summed E-state index contributed by atoms with van der Waals surface area (Å²) in [7, 11) is -1.63. The molecule has 2 atom stereocenters. The fourth-order valence-electron chi connectivity index (χ4n) is 1.27. The van der Waals surface area contributed by atoms with Gasteiger partial charge in [0, 0.05) is 22.1 Å². The Morgan fingerprint density at radius 1 is 1.50 bits per heavy atom. The van der Waals surface area contributed by atoms with Gasteiger partial charge in [0.25, 0.3) is 0 Å². The van der Waals surface area contributed by atoms with E-state index in [4.69, 9.17) is 5.11 Å². The first-order valence-corrected chi connectivity index (χ1v) is 7.31. The van der Waals surface area contributed by atoms with E-state index in [1.54, 1.807) is 0 Å². The summed E-state index contributed by atoms with van der Waals surface area (Å²) in [5, 5.41) is 8.66. The van der Waals surface area contributed by atoms with E-state index in [1.807, 2.05) is 0 Å². The summed E-state index contributed by atoms with van der Waals surface area (Å²) in [5.74, 6) is -3.96. The Bertz CT molecular complexity index is 493. The standard InChI is InChI=1S/C11H11BrF2O3S/c1-6(11(15)16)4-18(17)5-7-9(13)3-2-8(12)10(7)14/h2-3,6H,4-5H2,1H3,(H,15,16). The van der Waals surface area contributed by atoms with E-state index in [0.29, 0.717) is 0 Å². The number of aliphatic carboxylic acids is 1. The minimum absolute atomic E-state index is 0.0854. The lowest BCUT2D eigenvalue weighted by Crippen LogP contribution is -2.18. The molecule has 2 unspecified atom stereocenters. The molecule has 0 radical (unpaired) electrons. The zero-order valence-electron chi connectivity index (χ0n) is 9.45. The maximum Gasteiger partial charge on any atom is 0.307 e. The third kappa shape index (κ3) is 3.84. The molecule has 0 aliphatic heterocycles. The van der Waals surface area contributed by atoms with Crippen molar-refractivity contribution in [1.82, 2.24) is 0 Å². The van der Waals surface area contributed by atoms with Crippen molar-refractivity contribution in [3.63, 3.8) is 0 Å². The number of carboxylic acids is 1. The van der Waals surface area contributed by atoms with E-state index in [9.17, 15) is 17.8 Å². The Morgan fingerprint density at radius 3 is 2.67 bits per heavy atom. The first kappa shape index (κ1) is 15.2. The molecule has 0 heterocycles. The van der Waals surface area contributed by atoms with Crippen molar-refractivity contribution in [3.05, 3.63) is 33.8 Å².